The van der Waals surface area contributed by atoms with Crippen molar-refractivity contribution in [1.29, 1.82) is 0 Å². The van der Waals surface area contributed by atoms with Gasteiger partial charge < -0.3 is 9.64 Å². The van der Waals surface area contributed by atoms with E-state index in [9.17, 15) is 9.18 Å². The second-order valence-corrected chi connectivity index (χ2v) is 4.82. The van der Waals surface area contributed by atoms with Crippen LogP contribution in [-0.4, -0.2) is 32.3 Å². The van der Waals surface area contributed by atoms with Crippen LogP contribution in [-0.2, 0) is 9.53 Å². The summed E-state index contributed by atoms with van der Waals surface area (Å²) in [5.74, 6) is 0.113. The zero-order valence-corrected chi connectivity index (χ0v) is 11.8. The van der Waals surface area contributed by atoms with Gasteiger partial charge in [0.25, 0.3) is 0 Å². The fourth-order valence-electron chi connectivity index (χ4n) is 2.52. The molecule has 1 aliphatic heterocycles. The standard InChI is InChI=1S/C14H17FN4O2/c1-21-14(12(9-15)17-18-16)10-4-6-11(7-5-10)19-8-2-3-13(19)20/h4-7,12,14H,2-3,8-9H2,1H3/t12-,14-/m1/s1. The second-order valence-electron chi connectivity index (χ2n) is 4.82. The third kappa shape index (κ3) is 3.32. The number of benzene rings is 1. The van der Waals surface area contributed by atoms with E-state index in [4.69, 9.17) is 10.3 Å². The third-order valence-electron chi connectivity index (χ3n) is 3.57. The highest BCUT2D eigenvalue weighted by Crippen LogP contribution is 2.27. The van der Waals surface area contributed by atoms with Crippen LogP contribution in [0.4, 0.5) is 10.1 Å². The molecule has 7 heteroatoms. The van der Waals surface area contributed by atoms with Crippen LogP contribution in [0.5, 0.6) is 0 Å². The van der Waals surface area contributed by atoms with Gasteiger partial charge >= 0.3 is 0 Å². The van der Waals surface area contributed by atoms with E-state index in [1.807, 2.05) is 0 Å². The van der Waals surface area contributed by atoms with Crippen molar-refractivity contribution in [2.24, 2.45) is 5.11 Å². The highest BCUT2D eigenvalue weighted by molar-refractivity contribution is 5.95. The minimum absolute atomic E-state index is 0.113. The molecule has 0 bridgehead atoms. The number of carbonyl (C=O) groups excluding carboxylic acids is 1. The highest BCUT2D eigenvalue weighted by Gasteiger charge is 2.24. The van der Waals surface area contributed by atoms with E-state index in [-0.39, 0.29) is 5.91 Å². The van der Waals surface area contributed by atoms with Crippen LogP contribution in [0, 0.1) is 0 Å². The van der Waals surface area contributed by atoms with E-state index in [1.165, 1.54) is 7.11 Å². The number of anilines is 1. The van der Waals surface area contributed by atoms with E-state index in [2.05, 4.69) is 10.0 Å². The molecule has 1 saturated heterocycles. The van der Waals surface area contributed by atoms with Gasteiger partial charge in [-0.25, -0.2) is 0 Å². The fourth-order valence-corrected chi connectivity index (χ4v) is 2.52. The molecule has 2 rings (SSSR count). The number of azide groups is 1. The smallest absolute Gasteiger partial charge is 0.227 e. The maximum absolute atomic E-state index is 12.9. The Morgan fingerprint density at radius 1 is 1.48 bits per heavy atom. The quantitative estimate of drug-likeness (QED) is 0.458. The molecular weight excluding hydrogens is 275 g/mol. The summed E-state index contributed by atoms with van der Waals surface area (Å²) >= 11 is 0. The molecule has 0 aliphatic carbocycles. The summed E-state index contributed by atoms with van der Waals surface area (Å²) < 4.78 is 18.2. The molecule has 0 N–H and O–H groups in total. The summed E-state index contributed by atoms with van der Waals surface area (Å²) in [5.41, 5.74) is 10.00. The Morgan fingerprint density at radius 3 is 2.67 bits per heavy atom. The van der Waals surface area contributed by atoms with Crippen LogP contribution in [0.1, 0.15) is 24.5 Å². The Kier molecular flexibility index (Phi) is 5.14. The predicted molar refractivity (Wildman–Crippen MR) is 76.7 cm³/mol. The molecule has 112 valence electrons. The minimum Gasteiger partial charge on any atom is -0.376 e. The van der Waals surface area contributed by atoms with Crippen LogP contribution in [0.3, 0.4) is 0 Å². The van der Waals surface area contributed by atoms with E-state index < -0.39 is 18.8 Å². The number of hydrogen-bond acceptors (Lipinski definition) is 3. The van der Waals surface area contributed by atoms with Gasteiger partial charge in [0.2, 0.25) is 5.91 Å². The predicted octanol–water partition coefficient (Wildman–Crippen LogP) is 3.15. The first-order chi connectivity index (χ1) is 10.2. The molecule has 1 aliphatic rings. The molecule has 21 heavy (non-hydrogen) atoms. The zero-order valence-electron chi connectivity index (χ0n) is 11.8. The van der Waals surface area contributed by atoms with Gasteiger partial charge in [0.05, 0.1) is 12.1 Å². The first-order valence-corrected chi connectivity index (χ1v) is 6.74. The minimum atomic E-state index is -0.903. The van der Waals surface area contributed by atoms with Crippen LogP contribution in [0.25, 0.3) is 10.4 Å². The highest BCUT2D eigenvalue weighted by atomic mass is 19.1. The van der Waals surface area contributed by atoms with Gasteiger partial charge in [-0.1, -0.05) is 17.2 Å². The van der Waals surface area contributed by atoms with E-state index in [1.54, 1.807) is 29.2 Å². The van der Waals surface area contributed by atoms with Gasteiger partial charge in [0.15, 0.2) is 0 Å². The number of methoxy groups -OCH3 is 1. The summed E-state index contributed by atoms with van der Waals surface area (Å²) in [7, 11) is 1.44. The average Bonchev–Trinajstić information content (AvgIpc) is 2.94. The van der Waals surface area contributed by atoms with Gasteiger partial charge in [0.1, 0.15) is 6.67 Å². The maximum atomic E-state index is 12.9. The number of rotatable bonds is 6. The van der Waals surface area contributed by atoms with Gasteiger partial charge in [-0.05, 0) is 29.6 Å². The largest absolute Gasteiger partial charge is 0.376 e. The zero-order chi connectivity index (χ0) is 15.2. The van der Waals surface area contributed by atoms with Gasteiger partial charge in [0, 0.05) is 30.7 Å². The van der Waals surface area contributed by atoms with Crippen molar-refractivity contribution in [3.8, 4) is 0 Å². The Morgan fingerprint density at radius 2 is 2.19 bits per heavy atom. The number of carbonyl (C=O) groups is 1. The van der Waals surface area contributed by atoms with Crippen molar-refractivity contribution >= 4 is 11.6 Å². The maximum Gasteiger partial charge on any atom is 0.227 e. The molecule has 1 fully saturated rings. The van der Waals surface area contributed by atoms with Crippen LogP contribution >= 0.6 is 0 Å². The summed E-state index contributed by atoms with van der Waals surface area (Å²) in [6.07, 6.45) is 0.792. The lowest BCUT2D eigenvalue weighted by Crippen LogP contribution is -2.24. The lowest BCUT2D eigenvalue weighted by molar-refractivity contribution is -0.117. The van der Waals surface area contributed by atoms with Crippen molar-refractivity contribution in [3.63, 3.8) is 0 Å². The number of hydrogen-bond donors (Lipinski definition) is 0. The molecule has 1 amide bonds. The molecule has 1 aromatic carbocycles. The Bertz CT molecular complexity index is 542. The molecular formula is C14H17FN4O2. The van der Waals surface area contributed by atoms with Gasteiger partial charge in [-0.2, -0.15) is 0 Å². The van der Waals surface area contributed by atoms with Crippen molar-refractivity contribution in [2.75, 3.05) is 25.2 Å². The number of amides is 1. The van der Waals surface area contributed by atoms with Crippen LogP contribution in [0.2, 0.25) is 0 Å². The molecule has 0 saturated carbocycles. The summed E-state index contributed by atoms with van der Waals surface area (Å²) in [6, 6.07) is 6.24. The van der Waals surface area contributed by atoms with Crippen molar-refractivity contribution in [1.82, 2.24) is 0 Å². The lowest BCUT2D eigenvalue weighted by atomic mass is 10.0. The molecule has 1 aromatic rings. The lowest BCUT2D eigenvalue weighted by Gasteiger charge is -2.21. The van der Waals surface area contributed by atoms with Crippen LogP contribution in [0.15, 0.2) is 29.4 Å². The third-order valence-corrected chi connectivity index (χ3v) is 3.57. The monoisotopic (exact) mass is 292 g/mol. The molecule has 0 spiro atoms. The average molecular weight is 292 g/mol. The first-order valence-electron chi connectivity index (χ1n) is 6.74. The van der Waals surface area contributed by atoms with E-state index in [0.29, 0.717) is 12.0 Å². The Balaban J connectivity index is 2.20. The number of ether oxygens (including phenoxy) is 1. The number of nitrogens with zero attached hydrogens (tertiary/aromatic N) is 4. The van der Waals surface area contributed by atoms with Gasteiger partial charge in [-0.3, -0.25) is 9.18 Å². The van der Waals surface area contributed by atoms with Gasteiger partial charge in [-0.15, -0.1) is 0 Å². The second kappa shape index (κ2) is 7.06. The molecule has 0 aromatic heterocycles. The van der Waals surface area contributed by atoms with Crippen molar-refractivity contribution < 1.29 is 13.9 Å². The summed E-state index contributed by atoms with van der Waals surface area (Å²) in [4.78, 5) is 16.1. The summed E-state index contributed by atoms with van der Waals surface area (Å²) in [5, 5.41) is 3.42. The SMILES string of the molecule is CO[C@H](c1ccc(N2CCCC2=O)cc1)[C@@H](CF)N=[N+]=[N-]. The molecule has 6 nitrogen and oxygen atoms in total. The van der Waals surface area contributed by atoms with Crippen molar-refractivity contribution in [2.45, 2.75) is 25.0 Å². The first kappa shape index (κ1) is 15.3. The topological polar surface area (TPSA) is 78.3 Å². The van der Waals surface area contributed by atoms with Crippen molar-refractivity contribution in [3.05, 3.63) is 40.3 Å². The Labute approximate surface area is 122 Å². The molecule has 1 heterocycles. The number of alkyl halides is 1. The number of halogens is 1. The molecule has 0 radical (unpaired) electrons. The molecule has 2 atom stereocenters. The van der Waals surface area contributed by atoms with Crippen LogP contribution < -0.4 is 4.90 Å². The fraction of sp³-hybridized carbons (Fsp3) is 0.500. The summed E-state index contributed by atoms with van der Waals surface area (Å²) in [6.45, 7) is -0.0767. The molecule has 0 unspecified atom stereocenters. The Hall–Kier alpha value is -2.11. The van der Waals surface area contributed by atoms with E-state index >= 15 is 0 Å². The normalized spacial score (nSPS) is 17.4. The van der Waals surface area contributed by atoms with E-state index in [0.717, 1.165) is 18.7 Å².